The highest BCUT2D eigenvalue weighted by atomic mass is 35.5. The summed E-state index contributed by atoms with van der Waals surface area (Å²) in [5.74, 6) is 1.43. The van der Waals surface area contributed by atoms with Crippen molar-refractivity contribution in [1.29, 1.82) is 0 Å². The van der Waals surface area contributed by atoms with Crippen molar-refractivity contribution in [2.24, 2.45) is 0 Å². The lowest BCUT2D eigenvalue weighted by molar-refractivity contribution is 0.00890. The number of alkyl halides is 1. The second-order valence-electron chi connectivity index (χ2n) is 8.27. The second kappa shape index (κ2) is 12.8. The molecule has 0 bridgehead atoms. The van der Waals surface area contributed by atoms with Crippen LogP contribution in [-0.4, -0.2) is 69.2 Å². The molecule has 1 aliphatic heterocycles. The molecule has 8 heteroatoms. The maximum absolute atomic E-state index is 6.31. The second-order valence-corrected chi connectivity index (χ2v) is 9.09. The Labute approximate surface area is 211 Å². The van der Waals surface area contributed by atoms with E-state index in [0.717, 1.165) is 35.7 Å². The van der Waals surface area contributed by atoms with Gasteiger partial charge in [-0.3, -0.25) is 4.90 Å². The number of aromatic nitrogens is 1. The quantitative estimate of drug-likeness (QED) is 0.248. The molecule has 34 heavy (non-hydrogen) atoms. The van der Waals surface area contributed by atoms with Gasteiger partial charge in [-0.15, -0.1) is 11.6 Å². The van der Waals surface area contributed by atoms with Crippen LogP contribution in [0.3, 0.4) is 0 Å². The van der Waals surface area contributed by atoms with Gasteiger partial charge < -0.3 is 23.9 Å². The van der Waals surface area contributed by atoms with Crippen LogP contribution in [-0.2, 0) is 20.6 Å². The Balaban J connectivity index is 1.52. The van der Waals surface area contributed by atoms with Gasteiger partial charge in [-0.1, -0.05) is 23.7 Å². The molecule has 1 atom stereocenters. The number of nitrogens with one attached hydrogen (secondary N) is 1. The van der Waals surface area contributed by atoms with Gasteiger partial charge in [0, 0.05) is 47.8 Å². The predicted molar refractivity (Wildman–Crippen MR) is 136 cm³/mol. The van der Waals surface area contributed by atoms with Crippen molar-refractivity contribution in [3.05, 3.63) is 64.3 Å². The molecule has 2 aromatic carbocycles. The van der Waals surface area contributed by atoms with E-state index in [4.69, 9.17) is 42.1 Å². The largest absolute Gasteiger partial charge is 0.491 e. The lowest BCUT2D eigenvalue weighted by Gasteiger charge is -2.36. The Hall–Kier alpha value is -1.80. The minimum atomic E-state index is 0.0531. The number of halogens is 2. The average molecular weight is 507 g/mol. The number of nitrogens with zero attached hydrogens (tertiary/aromatic N) is 1. The first kappa shape index (κ1) is 25.3. The number of aromatic amines is 1. The van der Waals surface area contributed by atoms with Crippen molar-refractivity contribution in [3.63, 3.8) is 0 Å². The number of benzene rings is 2. The molecule has 4 rings (SSSR count). The summed E-state index contributed by atoms with van der Waals surface area (Å²) >= 11 is 12.1. The fourth-order valence-corrected chi connectivity index (χ4v) is 4.66. The van der Waals surface area contributed by atoms with Crippen LogP contribution < -0.4 is 4.74 Å². The van der Waals surface area contributed by atoms with Crippen molar-refractivity contribution in [3.8, 4) is 5.75 Å². The molecular weight excluding hydrogens is 475 g/mol. The molecule has 1 aromatic heterocycles. The van der Waals surface area contributed by atoms with Crippen LogP contribution in [0.15, 0.2) is 42.5 Å². The molecule has 1 aliphatic rings. The zero-order valence-corrected chi connectivity index (χ0v) is 21.0. The lowest BCUT2D eigenvalue weighted by Crippen LogP contribution is -2.37. The van der Waals surface area contributed by atoms with Crippen molar-refractivity contribution >= 4 is 34.1 Å². The first-order chi connectivity index (χ1) is 16.7. The molecule has 0 saturated carbocycles. The van der Waals surface area contributed by atoms with E-state index in [-0.39, 0.29) is 6.04 Å². The Morgan fingerprint density at radius 3 is 2.62 bits per heavy atom. The fraction of sp³-hybridized carbons (Fsp3) is 0.462. The highest BCUT2D eigenvalue weighted by Gasteiger charge is 2.31. The number of methoxy groups -OCH3 is 1. The average Bonchev–Trinajstić information content (AvgIpc) is 3.22. The summed E-state index contributed by atoms with van der Waals surface area (Å²) in [6.07, 6.45) is 1.78. The molecule has 0 fully saturated rings. The smallest absolute Gasteiger partial charge is 0.119 e. The van der Waals surface area contributed by atoms with Crippen LogP contribution >= 0.6 is 23.2 Å². The normalized spacial score (nSPS) is 16.1. The summed E-state index contributed by atoms with van der Waals surface area (Å²) in [7, 11) is 1.66. The maximum atomic E-state index is 6.31. The number of hydrogen-bond donors (Lipinski definition) is 1. The highest BCUT2D eigenvalue weighted by molar-refractivity contribution is 6.31. The van der Waals surface area contributed by atoms with E-state index in [1.807, 2.05) is 18.2 Å². The third-order valence-corrected chi connectivity index (χ3v) is 6.49. The van der Waals surface area contributed by atoms with Gasteiger partial charge in [0.05, 0.1) is 32.6 Å². The van der Waals surface area contributed by atoms with Crippen LogP contribution in [0.25, 0.3) is 10.9 Å². The van der Waals surface area contributed by atoms with Crippen LogP contribution in [0.1, 0.15) is 29.3 Å². The first-order valence-corrected chi connectivity index (χ1v) is 12.6. The first-order valence-electron chi connectivity index (χ1n) is 11.7. The van der Waals surface area contributed by atoms with E-state index in [1.165, 1.54) is 22.2 Å². The van der Waals surface area contributed by atoms with Gasteiger partial charge in [0.2, 0.25) is 0 Å². The summed E-state index contributed by atoms with van der Waals surface area (Å²) in [5.41, 5.74) is 4.82. The van der Waals surface area contributed by atoms with Gasteiger partial charge in [-0.2, -0.15) is 0 Å². The lowest BCUT2D eigenvalue weighted by atomic mass is 9.93. The molecule has 3 aromatic rings. The Kier molecular flexibility index (Phi) is 9.50. The molecule has 0 amide bonds. The van der Waals surface area contributed by atoms with E-state index < -0.39 is 0 Å². The molecule has 1 N–H and O–H groups in total. The molecule has 1 unspecified atom stereocenters. The van der Waals surface area contributed by atoms with Crippen molar-refractivity contribution in [2.45, 2.75) is 18.9 Å². The molecule has 0 radical (unpaired) electrons. The molecular formula is C26H32Cl2N2O4. The van der Waals surface area contributed by atoms with Gasteiger partial charge >= 0.3 is 0 Å². The number of H-pyrrole nitrogens is 1. The zero-order valence-electron chi connectivity index (χ0n) is 19.5. The topological polar surface area (TPSA) is 56.0 Å². The van der Waals surface area contributed by atoms with Crippen LogP contribution in [0.5, 0.6) is 5.75 Å². The van der Waals surface area contributed by atoms with Gasteiger partial charge in [0.25, 0.3) is 0 Å². The molecule has 184 valence electrons. The number of hydrogen-bond acceptors (Lipinski definition) is 5. The minimum absolute atomic E-state index is 0.0531. The Bertz CT molecular complexity index is 1040. The third kappa shape index (κ3) is 6.25. The van der Waals surface area contributed by atoms with Gasteiger partial charge in [0.1, 0.15) is 12.4 Å². The fourth-order valence-electron chi connectivity index (χ4n) is 4.37. The zero-order chi connectivity index (χ0) is 23.8. The maximum Gasteiger partial charge on any atom is 0.119 e. The third-order valence-electron chi connectivity index (χ3n) is 5.99. The van der Waals surface area contributed by atoms with E-state index >= 15 is 0 Å². The summed E-state index contributed by atoms with van der Waals surface area (Å²) in [6.45, 7) is 4.29. The number of fused-ring (bicyclic) bond motifs is 3. The number of ether oxygens (including phenoxy) is 4. The Morgan fingerprint density at radius 1 is 1.00 bits per heavy atom. The van der Waals surface area contributed by atoms with Crippen LogP contribution in [0.2, 0.25) is 5.02 Å². The van der Waals surface area contributed by atoms with Gasteiger partial charge in [0.15, 0.2) is 0 Å². The van der Waals surface area contributed by atoms with E-state index in [2.05, 4.69) is 34.1 Å². The molecule has 0 spiro atoms. The summed E-state index contributed by atoms with van der Waals surface area (Å²) in [6, 6.07) is 14.4. The SMILES string of the molecule is COCCOCCOc1ccc(C2c3[nH]c4ccc(Cl)cc4c3CCN2COCCCCl)cc1. The summed E-state index contributed by atoms with van der Waals surface area (Å²) < 4.78 is 22.2. The monoisotopic (exact) mass is 506 g/mol. The van der Waals surface area contributed by atoms with E-state index in [0.29, 0.717) is 45.6 Å². The van der Waals surface area contributed by atoms with E-state index in [9.17, 15) is 0 Å². The van der Waals surface area contributed by atoms with Gasteiger partial charge in [-0.05, 0) is 54.3 Å². The minimum Gasteiger partial charge on any atom is -0.491 e. The Morgan fingerprint density at radius 2 is 1.82 bits per heavy atom. The van der Waals surface area contributed by atoms with Crippen LogP contribution in [0, 0.1) is 0 Å². The van der Waals surface area contributed by atoms with Gasteiger partial charge in [-0.25, -0.2) is 0 Å². The standard InChI is InChI=1S/C26H32Cl2N2O4/c1-31-13-14-32-15-16-34-21-6-3-19(4-7-21)26-25-22(9-11-30(26)18-33-12-2-10-27)23-17-20(28)5-8-24(23)29-25/h3-8,17,26,29H,2,9-16,18H2,1H3. The van der Waals surface area contributed by atoms with E-state index in [1.54, 1.807) is 7.11 Å². The molecule has 6 nitrogen and oxygen atoms in total. The highest BCUT2D eigenvalue weighted by Crippen LogP contribution is 2.39. The number of rotatable bonds is 13. The predicted octanol–water partition coefficient (Wildman–Crippen LogP) is 5.41. The summed E-state index contributed by atoms with van der Waals surface area (Å²) in [5, 5.41) is 1.95. The van der Waals surface area contributed by atoms with Crippen LogP contribution in [0.4, 0.5) is 0 Å². The summed E-state index contributed by atoms with van der Waals surface area (Å²) in [4.78, 5) is 6.03. The molecule has 2 heterocycles. The van der Waals surface area contributed by atoms with Crippen molar-refractivity contribution in [2.75, 3.05) is 59.3 Å². The van der Waals surface area contributed by atoms with Crippen molar-refractivity contribution in [1.82, 2.24) is 9.88 Å². The molecule has 0 aliphatic carbocycles. The van der Waals surface area contributed by atoms with Crippen molar-refractivity contribution < 1.29 is 18.9 Å². The molecule has 0 saturated heterocycles.